The van der Waals surface area contributed by atoms with Gasteiger partial charge in [-0.3, -0.25) is 14.4 Å². The van der Waals surface area contributed by atoms with Crippen LogP contribution in [-0.2, 0) is 28.6 Å². The number of hydrogen-bond acceptors (Lipinski definition) is 6. The van der Waals surface area contributed by atoms with Crippen molar-refractivity contribution in [2.24, 2.45) is 17.8 Å². The normalized spacial score (nSPS) is 12.1. The van der Waals surface area contributed by atoms with E-state index in [0.717, 1.165) is 75.5 Å². The van der Waals surface area contributed by atoms with Crippen molar-refractivity contribution in [3.8, 4) is 0 Å². The van der Waals surface area contributed by atoms with Gasteiger partial charge in [0.05, 0.1) is 0 Å². The van der Waals surface area contributed by atoms with Gasteiger partial charge in [-0.25, -0.2) is 0 Å². The highest BCUT2D eigenvalue weighted by Crippen LogP contribution is 2.19. The van der Waals surface area contributed by atoms with Crippen molar-refractivity contribution in [1.29, 1.82) is 0 Å². The van der Waals surface area contributed by atoms with Crippen LogP contribution in [0.5, 0.6) is 0 Å². The standard InChI is InChI=1S/C63H122O6/c1-57(2)49-43-37-31-25-19-14-11-9-7-8-10-12-16-22-28-34-40-46-52-61(64)67-55-60(69-63(66)54-48-42-36-30-24-18-21-27-33-39-45-51-59(5)6)56-68-62(65)53-47-41-35-29-23-17-13-15-20-26-32-38-44-50-58(3)4/h57-60H,7-56H2,1-6H3/t60-/m1/s1. The molecule has 1 atom stereocenters. The minimum Gasteiger partial charge on any atom is -0.462 e. The quantitative estimate of drug-likeness (QED) is 0.0343. The molecule has 410 valence electrons. The van der Waals surface area contributed by atoms with Gasteiger partial charge in [0, 0.05) is 19.3 Å². The fourth-order valence-corrected chi connectivity index (χ4v) is 9.71. The van der Waals surface area contributed by atoms with E-state index in [-0.39, 0.29) is 31.1 Å². The number of unbranched alkanes of at least 4 members (excludes halogenated alkanes) is 39. The summed E-state index contributed by atoms with van der Waals surface area (Å²) in [6.45, 7) is 13.8. The first kappa shape index (κ1) is 67.4. The summed E-state index contributed by atoms with van der Waals surface area (Å²) in [5.74, 6) is 1.68. The largest absolute Gasteiger partial charge is 0.462 e. The Kier molecular flexibility index (Phi) is 52.9. The lowest BCUT2D eigenvalue weighted by atomic mass is 10.0. The summed E-state index contributed by atoms with van der Waals surface area (Å²) in [7, 11) is 0. The van der Waals surface area contributed by atoms with Gasteiger partial charge >= 0.3 is 17.9 Å². The average Bonchev–Trinajstić information content (AvgIpc) is 3.31. The van der Waals surface area contributed by atoms with E-state index in [1.165, 1.54) is 231 Å². The highest BCUT2D eigenvalue weighted by molar-refractivity contribution is 5.71. The predicted molar refractivity (Wildman–Crippen MR) is 298 cm³/mol. The van der Waals surface area contributed by atoms with Crippen LogP contribution in [0.3, 0.4) is 0 Å². The van der Waals surface area contributed by atoms with Gasteiger partial charge < -0.3 is 14.2 Å². The van der Waals surface area contributed by atoms with Gasteiger partial charge in [-0.05, 0) is 37.0 Å². The molecule has 0 amide bonds. The molecule has 69 heavy (non-hydrogen) atoms. The maximum absolute atomic E-state index is 12.9. The zero-order valence-electron chi connectivity index (χ0n) is 47.6. The van der Waals surface area contributed by atoms with Crippen molar-refractivity contribution in [3.05, 3.63) is 0 Å². The summed E-state index contributed by atoms with van der Waals surface area (Å²) in [4.78, 5) is 38.2. The number of carbonyl (C=O) groups is 3. The number of carbonyl (C=O) groups excluding carboxylic acids is 3. The molecule has 0 heterocycles. The molecule has 0 saturated carbocycles. The van der Waals surface area contributed by atoms with E-state index in [9.17, 15) is 14.4 Å². The van der Waals surface area contributed by atoms with Crippen molar-refractivity contribution in [3.63, 3.8) is 0 Å². The lowest BCUT2D eigenvalue weighted by Crippen LogP contribution is -2.30. The Morgan fingerprint density at radius 1 is 0.246 bits per heavy atom. The van der Waals surface area contributed by atoms with E-state index >= 15 is 0 Å². The molecule has 0 rings (SSSR count). The molecule has 0 N–H and O–H groups in total. The topological polar surface area (TPSA) is 78.9 Å². The van der Waals surface area contributed by atoms with Crippen LogP contribution >= 0.6 is 0 Å². The Hall–Kier alpha value is -1.59. The fraction of sp³-hybridized carbons (Fsp3) is 0.952. The highest BCUT2D eigenvalue weighted by atomic mass is 16.6. The van der Waals surface area contributed by atoms with Crippen molar-refractivity contribution in [1.82, 2.24) is 0 Å². The van der Waals surface area contributed by atoms with Crippen LogP contribution in [0.2, 0.25) is 0 Å². The number of esters is 3. The van der Waals surface area contributed by atoms with Gasteiger partial charge in [-0.1, -0.05) is 311 Å². The molecular formula is C63H122O6. The van der Waals surface area contributed by atoms with Crippen LogP contribution in [0.1, 0.15) is 350 Å². The Balaban J connectivity index is 4.25. The van der Waals surface area contributed by atoms with E-state index in [4.69, 9.17) is 14.2 Å². The second-order valence-electron chi connectivity index (χ2n) is 23.1. The molecule has 0 aliphatic heterocycles. The Labute approximate surface area is 431 Å². The third-order valence-corrected chi connectivity index (χ3v) is 14.4. The van der Waals surface area contributed by atoms with Gasteiger partial charge in [0.15, 0.2) is 6.10 Å². The smallest absolute Gasteiger partial charge is 0.306 e. The SMILES string of the molecule is CC(C)CCCCCCCCCCCCCCCCCCCCC(=O)OC[C@H](COC(=O)CCCCCCCCCCCCCCCC(C)C)OC(=O)CCCCCCCCCCCCCC(C)C. The fourth-order valence-electron chi connectivity index (χ4n) is 9.71. The van der Waals surface area contributed by atoms with Crippen LogP contribution in [-0.4, -0.2) is 37.2 Å². The first-order chi connectivity index (χ1) is 33.6. The summed E-state index contributed by atoms with van der Waals surface area (Å²) in [6, 6.07) is 0. The van der Waals surface area contributed by atoms with Crippen molar-refractivity contribution < 1.29 is 28.6 Å². The average molecular weight is 976 g/mol. The summed E-state index contributed by atoms with van der Waals surface area (Å²) < 4.78 is 16.9. The Bertz CT molecular complexity index is 1070. The van der Waals surface area contributed by atoms with Gasteiger partial charge in [-0.2, -0.15) is 0 Å². The minimum absolute atomic E-state index is 0.0629. The molecule has 0 aromatic rings. The van der Waals surface area contributed by atoms with E-state index < -0.39 is 6.10 Å². The van der Waals surface area contributed by atoms with Gasteiger partial charge in [0.1, 0.15) is 13.2 Å². The predicted octanol–water partition coefficient (Wildman–Crippen LogP) is 20.7. The molecule has 0 spiro atoms. The van der Waals surface area contributed by atoms with Crippen LogP contribution in [0.4, 0.5) is 0 Å². The lowest BCUT2D eigenvalue weighted by molar-refractivity contribution is -0.167. The van der Waals surface area contributed by atoms with Gasteiger partial charge in [-0.15, -0.1) is 0 Å². The van der Waals surface area contributed by atoms with Crippen LogP contribution in [0.25, 0.3) is 0 Å². The maximum Gasteiger partial charge on any atom is 0.306 e. The van der Waals surface area contributed by atoms with E-state index in [1.54, 1.807) is 0 Å². The molecule has 0 saturated heterocycles. The molecule has 6 nitrogen and oxygen atoms in total. The Morgan fingerprint density at radius 2 is 0.420 bits per heavy atom. The molecule has 0 radical (unpaired) electrons. The van der Waals surface area contributed by atoms with Crippen molar-refractivity contribution >= 4 is 17.9 Å². The molecular weight excluding hydrogens is 853 g/mol. The second-order valence-corrected chi connectivity index (χ2v) is 23.1. The molecule has 6 heteroatoms. The molecule has 0 aromatic carbocycles. The van der Waals surface area contributed by atoms with E-state index in [2.05, 4.69) is 41.5 Å². The third kappa shape index (κ3) is 57.2. The molecule has 0 aliphatic rings. The lowest BCUT2D eigenvalue weighted by Gasteiger charge is -2.18. The highest BCUT2D eigenvalue weighted by Gasteiger charge is 2.19. The molecule has 0 aliphatic carbocycles. The maximum atomic E-state index is 12.9. The number of ether oxygens (including phenoxy) is 3. The van der Waals surface area contributed by atoms with Crippen molar-refractivity contribution in [2.75, 3.05) is 13.2 Å². The van der Waals surface area contributed by atoms with Gasteiger partial charge in [0.25, 0.3) is 0 Å². The number of rotatable bonds is 56. The monoisotopic (exact) mass is 975 g/mol. The van der Waals surface area contributed by atoms with E-state index in [1.807, 2.05) is 0 Å². The molecule has 0 fully saturated rings. The molecule has 0 unspecified atom stereocenters. The minimum atomic E-state index is -0.764. The van der Waals surface area contributed by atoms with Crippen LogP contribution in [0.15, 0.2) is 0 Å². The first-order valence-electron chi connectivity index (χ1n) is 31.1. The van der Waals surface area contributed by atoms with Crippen LogP contribution < -0.4 is 0 Å². The summed E-state index contributed by atoms with van der Waals surface area (Å²) in [5.41, 5.74) is 0. The zero-order valence-corrected chi connectivity index (χ0v) is 47.6. The van der Waals surface area contributed by atoms with E-state index in [0.29, 0.717) is 19.3 Å². The molecule has 0 aromatic heterocycles. The van der Waals surface area contributed by atoms with Crippen molar-refractivity contribution in [2.45, 2.75) is 356 Å². The zero-order chi connectivity index (χ0) is 50.5. The van der Waals surface area contributed by atoms with Crippen LogP contribution in [0, 0.1) is 17.8 Å². The third-order valence-electron chi connectivity index (χ3n) is 14.4. The number of hydrogen-bond donors (Lipinski definition) is 0. The summed E-state index contributed by atoms with van der Waals surface area (Å²) in [6.07, 6.45) is 58.2. The summed E-state index contributed by atoms with van der Waals surface area (Å²) >= 11 is 0. The Morgan fingerprint density at radius 3 is 0.623 bits per heavy atom. The second kappa shape index (κ2) is 54.2. The first-order valence-corrected chi connectivity index (χ1v) is 31.1. The van der Waals surface area contributed by atoms with Gasteiger partial charge in [0.2, 0.25) is 0 Å². The summed E-state index contributed by atoms with van der Waals surface area (Å²) in [5, 5.41) is 0. The molecule has 0 bridgehead atoms.